The standard InChI is InChI=1S/C16H23NO3/c1-20-16-7-6-13(12-19)10-14(16)11-17-8-2-4-15(17)5-3-9-18/h6-7,10,12,15,18H,2-5,8-9,11H2,1H3. The summed E-state index contributed by atoms with van der Waals surface area (Å²) in [6.45, 7) is 2.14. The second-order valence-corrected chi connectivity index (χ2v) is 5.32. The third-order valence-electron chi connectivity index (χ3n) is 4.01. The fourth-order valence-corrected chi connectivity index (χ4v) is 2.97. The van der Waals surface area contributed by atoms with Crippen LogP contribution in [0.15, 0.2) is 18.2 Å². The van der Waals surface area contributed by atoms with Crippen LogP contribution in [0.5, 0.6) is 5.75 Å². The van der Waals surface area contributed by atoms with Crippen LogP contribution < -0.4 is 4.74 Å². The maximum Gasteiger partial charge on any atom is 0.150 e. The molecule has 1 fully saturated rings. The third kappa shape index (κ3) is 3.58. The lowest BCUT2D eigenvalue weighted by atomic mass is 10.1. The van der Waals surface area contributed by atoms with E-state index in [2.05, 4.69) is 4.90 Å². The summed E-state index contributed by atoms with van der Waals surface area (Å²) in [4.78, 5) is 13.4. The fraction of sp³-hybridized carbons (Fsp3) is 0.562. The van der Waals surface area contributed by atoms with E-state index in [9.17, 15) is 4.79 Å². The maximum atomic E-state index is 10.9. The molecule has 0 aromatic heterocycles. The molecular weight excluding hydrogens is 254 g/mol. The summed E-state index contributed by atoms with van der Waals surface area (Å²) in [5.41, 5.74) is 1.75. The number of hydrogen-bond acceptors (Lipinski definition) is 4. The van der Waals surface area contributed by atoms with Crippen LogP contribution in [0.25, 0.3) is 0 Å². The van der Waals surface area contributed by atoms with Crippen LogP contribution in [0.1, 0.15) is 41.6 Å². The third-order valence-corrected chi connectivity index (χ3v) is 4.01. The van der Waals surface area contributed by atoms with Gasteiger partial charge in [0.25, 0.3) is 0 Å². The monoisotopic (exact) mass is 277 g/mol. The Labute approximate surface area is 120 Å². The van der Waals surface area contributed by atoms with E-state index < -0.39 is 0 Å². The normalized spacial score (nSPS) is 19.2. The van der Waals surface area contributed by atoms with Gasteiger partial charge in [-0.25, -0.2) is 0 Å². The first-order valence-electron chi connectivity index (χ1n) is 7.25. The number of aliphatic hydroxyl groups excluding tert-OH is 1. The van der Waals surface area contributed by atoms with Gasteiger partial charge < -0.3 is 9.84 Å². The smallest absolute Gasteiger partial charge is 0.150 e. The Morgan fingerprint density at radius 1 is 1.50 bits per heavy atom. The Morgan fingerprint density at radius 3 is 3.05 bits per heavy atom. The molecule has 1 heterocycles. The van der Waals surface area contributed by atoms with E-state index in [1.54, 1.807) is 13.2 Å². The number of benzene rings is 1. The minimum absolute atomic E-state index is 0.258. The molecule has 1 aromatic carbocycles. The summed E-state index contributed by atoms with van der Waals surface area (Å²) < 4.78 is 5.39. The van der Waals surface area contributed by atoms with Gasteiger partial charge in [-0.1, -0.05) is 0 Å². The predicted octanol–water partition coefficient (Wildman–Crippen LogP) is 2.24. The maximum absolute atomic E-state index is 10.9. The number of nitrogens with zero attached hydrogens (tertiary/aromatic N) is 1. The van der Waals surface area contributed by atoms with Crippen molar-refractivity contribution in [3.05, 3.63) is 29.3 Å². The number of hydrogen-bond donors (Lipinski definition) is 1. The second kappa shape index (κ2) is 7.41. The molecule has 1 aliphatic heterocycles. The average Bonchev–Trinajstić information content (AvgIpc) is 2.92. The van der Waals surface area contributed by atoms with Gasteiger partial charge in [-0.05, 0) is 50.4 Å². The number of carbonyl (C=O) groups is 1. The molecule has 1 aliphatic rings. The van der Waals surface area contributed by atoms with E-state index in [4.69, 9.17) is 9.84 Å². The highest BCUT2D eigenvalue weighted by Gasteiger charge is 2.24. The molecule has 4 heteroatoms. The quantitative estimate of drug-likeness (QED) is 0.777. The van der Waals surface area contributed by atoms with Crippen LogP contribution in [-0.2, 0) is 6.54 Å². The Kier molecular flexibility index (Phi) is 5.56. The van der Waals surface area contributed by atoms with Gasteiger partial charge in [0, 0.05) is 30.3 Å². The van der Waals surface area contributed by atoms with E-state index in [-0.39, 0.29) is 6.61 Å². The van der Waals surface area contributed by atoms with Crippen molar-refractivity contribution in [3.63, 3.8) is 0 Å². The zero-order valence-electron chi connectivity index (χ0n) is 12.0. The van der Waals surface area contributed by atoms with Crippen LogP contribution in [0, 0.1) is 0 Å². The lowest BCUT2D eigenvalue weighted by Crippen LogP contribution is -2.29. The molecule has 110 valence electrons. The zero-order valence-corrected chi connectivity index (χ0v) is 12.0. The van der Waals surface area contributed by atoms with Crippen molar-refractivity contribution in [1.82, 2.24) is 4.90 Å². The number of carbonyl (C=O) groups excluding carboxylic acids is 1. The lowest BCUT2D eigenvalue weighted by Gasteiger charge is -2.25. The van der Waals surface area contributed by atoms with E-state index >= 15 is 0 Å². The van der Waals surface area contributed by atoms with Gasteiger partial charge in [-0.15, -0.1) is 0 Å². The fourth-order valence-electron chi connectivity index (χ4n) is 2.97. The van der Waals surface area contributed by atoms with Gasteiger partial charge >= 0.3 is 0 Å². The van der Waals surface area contributed by atoms with Gasteiger partial charge in [0.05, 0.1) is 7.11 Å². The summed E-state index contributed by atoms with van der Waals surface area (Å²) in [6, 6.07) is 6.08. The molecule has 1 aromatic rings. The van der Waals surface area contributed by atoms with E-state index in [0.717, 1.165) is 43.5 Å². The van der Waals surface area contributed by atoms with Crippen molar-refractivity contribution in [3.8, 4) is 5.75 Å². The van der Waals surface area contributed by atoms with Crippen LogP contribution in [-0.4, -0.2) is 42.6 Å². The number of methoxy groups -OCH3 is 1. The Bertz CT molecular complexity index is 447. The molecule has 0 saturated carbocycles. The molecule has 0 bridgehead atoms. The summed E-state index contributed by atoms with van der Waals surface area (Å²) in [6.07, 6.45) is 5.15. The van der Waals surface area contributed by atoms with Crippen molar-refractivity contribution in [1.29, 1.82) is 0 Å². The molecular formula is C16H23NO3. The van der Waals surface area contributed by atoms with Crippen molar-refractivity contribution >= 4 is 6.29 Å². The van der Waals surface area contributed by atoms with E-state index in [1.165, 1.54) is 12.8 Å². The lowest BCUT2D eigenvalue weighted by molar-refractivity contribution is 0.112. The molecule has 20 heavy (non-hydrogen) atoms. The highest BCUT2D eigenvalue weighted by molar-refractivity contribution is 5.75. The molecule has 4 nitrogen and oxygen atoms in total. The van der Waals surface area contributed by atoms with E-state index in [0.29, 0.717) is 11.6 Å². The van der Waals surface area contributed by atoms with Crippen molar-refractivity contribution < 1.29 is 14.6 Å². The molecule has 1 atom stereocenters. The van der Waals surface area contributed by atoms with Crippen LogP contribution in [0.4, 0.5) is 0 Å². The van der Waals surface area contributed by atoms with Crippen molar-refractivity contribution in [2.24, 2.45) is 0 Å². The summed E-state index contributed by atoms with van der Waals surface area (Å²) in [7, 11) is 1.66. The highest BCUT2D eigenvalue weighted by Crippen LogP contribution is 2.27. The van der Waals surface area contributed by atoms with Crippen LogP contribution in [0.3, 0.4) is 0 Å². The minimum atomic E-state index is 0.258. The second-order valence-electron chi connectivity index (χ2n) is 5.32. The highest BCUT2D eigenvalue weighted by atomic mass is 16.5. The van der Waals surface area contributed by atoms with Gasteiger partial charge in [0.15, 0.2) is 0 Å². The molecule has 1 unspecified atom stereocenters. The molecule has 0 amide bonds. The first-order chi connectivity index (χ1) is 9.78. The Hall–Kier alpha value is -1.39. The van der Waals surface area contributed by atoms with Gasteiger partial charge in [0.2, 0.25) is 0 Å². The number of ether oxygens (including phenoxy) is 1. The zero-order chi connectivity index (χ0) is 14.4. The molecule has 1 N–H and O–H groups in total. The SMILES string of the molecule is COc1ccc(C=O)cc1CN1CCCC1CCCO. The average molecular weight is 277 g/mol. The first-order valence-corrected chi connectivity index (χ1v) is 7.25. The van der Waals surface area contributed by atoms with Gasteiger partial charge in [0.1, 0.15) is 12.0 Å². The van der Waals surface area contributed by atoms with Gasteiger partial charge in [-0.3, -0.25) is 9.69 Å². The van der Waals surface area contributed by atoms with Gasteiger partial charge in [-0.2, -0.15) is 0 Å². The van der Waals surface area contributed by atoms with E-state index in [1.807, 2.05) is 12.1 Å². The minimum Gasteiger partial charge on any atom is -0.496 e. The summed E-state index contributed by atoms with van der Waals surface area (Å²) in [5.74, 6) is 0.836. The first kappa shape index (κ1) is 15.0. The molecule has 1 saturated heterocycles. The summed E-state index contributed by atoms with van der Waals surface area (Å²) in [5, 5.41) is 8.98. The Morgan fingerprint density at radius 2 is 2.35 bits per heavy atom. The number of aldehydes is 1. The topological polar surface area (TPSA) is 49.8 Å². The van der Waals surface area contributed by atoms with Crippen molar-refractivity contribution in [2.75, 3.05) is 20.3 Å². The predicted molar refractivity (Wildman–Crippen MR) is 78.1 cm³/mol. The largest absolute Gasteiger partial charge is 0.496 e. The van der Waals surface area contributed by atoms with Crippen molar-refractivity contribution in [2.45, 2.75) is 38.3 Å². The van der Waals surface area contributed by atoms with Crippen LogP contribution >= 0.6 is 0 Å². The molecule has 0 aliphatic carbocycles. The van der Waals surface area contributed by atoms with Crippen LogP contribution in [0.2, 0.25) is 0 Å². The number of likely N-dealkylation sites (tertiary alicyclic amines) is 1. The molecule has 0 radical (unpaired) electrons. The Balaban J connectivity index is 2.09. The number of aliphatic hydroxyl groups is 1. The number of rotatable bonds is 7. The summed E-state index contributed by atoms with van der Waals surface area (Å²) >= 11 is 0. The molecule has 2 rings (SSSR count). The molecule has 0 spiro atoms.